The minimum atomic E-state index is -3.29. The van der Waals surface area contributed by atoms with Gasteiger partial charge < -0.3 is 4.57 Å². The molecule has 1 radical (unpaired) electrons. The van der Waals surface area contributed by atoms with E-state index in [4.69, 9.17) is 0 Å². The second-order valence-corrected chi connectivity index (χ2v) is 11.1. The van der Waals surface area contributed by atoms with Crippen molar-refractivity contribution in [3.63, 3.8) is 0 Å². The van der Waals surface area contributed by atoms with Gasteiger partial charge in [-0.05, 0) is 65.8 Å². The fraction of sp³-hybridized carbons (Fsp3) is 0.296. The first kappa shape index (κ1) is 25.6. The Balaban J connectivity index is 2.24. The number of ketones is 1. The Morgan fingerprint density at radius 1 is 1.00 bits per heavy atom. The molecule has 0 atom stereocenters. The summed E-state index contributed by atoms with van der Waals surface area (Å²) in [5, 5.41) is 0. The zero-order chi connectivity index (χ0) is 25.0. The van der Waals surface area contributed by atoms with Gasteiger partial charge in [0, 0.05) is 41.8 Å². The summed E-state index contributed by atoms with van der Waals surface area (Å²) in [5.41, 5.74) is 3.12. The highest BCUT2D eigenvalue weighted by molar-refractivity contribution is 7.90. The molecule has 179 valence electrons. The van der Waals surface area contributed by atoms with Crippen LogP contribution in [0, 0.1) is 11.7 Å². The third-order valence-corrected chi connectivity index (χ3v) is 7.41. The Hall–Kier alpha value is -3.06. The van der Waals surface area contributed by atoms with E-state index < -0.39 is 15.7 Å². The molecule has 0 unspecified atom stereocenters. The van der Waals surface area contributed by atoms with Crippen molar-refractivity contribution in [3.05, 3.63) is 99.1 Å². The van der Waals surface area contributed by atoms with Crippen LogP contribution in [0.2, 0.25) is 0 Å². The summed E-state index contributed by atoms with van der Waals surface area (Å²) >= 11 is 0. The van der Waals surface area contributed by atoms with Crippen LogP contribution in [0.25, 0.3) is 11.1 Å². The van der Waals surface area contributed by atoms with E-state index in [9.17, 15) is 22.4 Å². The Kier molecular flexibility index (Phi) is 7.87. The minimum absolute atomic E-state index is 0.00922. The van der Waals surface area contributed by atoms with Crippen LogP contribution in [0.5, 0.6) is 0 Å². The summed E-state index contributed by atoms with van der Waals surface area (Å²) in [6.07, 6.45) is 3.07. The average Bonchev–Trinajstić information content (AvgIpc) is 2.79. The van der Waals surface area contributed by atoms with Crippen LogP contribution in [0.4, 0.5) is 4.39 Å². The number of nitrogens with zero attached hydrogens (tertiary/aromatic N) is 1. The predicted molar refractivity (Wildman–Crippen MR) is 133 cm³/mol. The van der Waals surface area contributed by atoms with Gasteiger partial charge in [-0.1, -0.05) is 32.9 Å². The number of carbonyl (C=O) groups excluding carboxylic acids is 1. The number of hydrogen-bond donors (Lipinski definition) is 0. The lowest BCUT2D eigenvalue weighted by molar-refractivity contribution is 0.103. The molecule has 0 amide bonds. The molecule has 0 aliphatic rings. The summed E-state index contributed by atoms with van der Waals surface area (Å²) in [6.45, 7) is 5.62. The molecule has 5 nitrogen and oxygen atoms in total. The molecular formula is C27H29FNO4S. The first-order valence-corrected chi connectivity index (χ1v) is 13.0. The van der Waals surface area contributed by atoms with E-state index in [0.717, 1.165) is 12.0 Å². The molecule has 0 fully saturated rings. The maximum absolute atomic E-state index is 13.4. The highest BCUT2D eigenvalue weighted by Crippen LogP contribution is 2.31. The summed E-state index contributed by atoms with van der Waals surface area (Å²) in [7, 11) is -1.65. The van der Waals surface area contributed by atoms with E-state index in [1.54, 1.807) is 44.4 Å². The van der Waals surface area contributed by atoms with Gasteiger partial charge in [0.05, 0.1) is 5.75 Å². The maximum atomic E-state index is 13.4. The van der Waals surface area contributed by atoms with Crippen LogP contribution in [0.1, 0.15) is 54.2 Å². The lowest BCUT2D eigenvalue weighted by atomic mass is 9.89. The molecule has 3 aromatic rings. The molecule has 1 aromatic heterocycles. The van der Waals surface area contributed by atoms with Gasteiger partial charge in [-0.2, -0.15) is 0 Å². The molecule has 0 saturated carbocycles. The van der Waals surface area contributed by atoms with Gasteiger partial charge in [0.1, 0.15) is 5.82 Å². The number of sulfone groups is 1. The minimum Gasteiger partial charge on any atom is -0.318 e. The van der Waals surface area contributed by atoms with Crippen LogP contribution in [0.15, 0.2) is 59.5 Å². The molecule has 0 aliphatic heterocycles. The van der Waals surface area contributed by atoms with E-state index in [1.165, 1.54) is 34.8 Å². The molecule has 34 heavy (non-hydrogen) atoms. The summed E-state index contributed by atoms with van der Waals surface area (Å²) < 4.78 is 39.4. The number of benzene rings is 2. The van der Waals surface area contributed by atoms with Gasteiger partial charge in [-0.25, -0.2) is 12.8 Å². The SMILES string of the molecule is CCS(=O)(=O)Cc1ccc(C(=O)c2ccc(F)cc2)c(-c2cn(C)c(=O)cc2CC[C](C)C)c1. The van der Waals surface area contributed by atoms with E-state index in [2.05, 4.69) is 0 Å². The van der Waals surface area contributed by atoms with Gasteiger partial charge in [-0.15, -0.1) is 0 Å². The average molecular weight is 483 g/mol. The number of pyridine rings is 1. The lowest BCUT2D eigenvalue weighted by Crippen LogP contribution is -2.17. The molecular weight excluding hydrogens is 453 g/mol. The van der Waals surface area contributed by atoms with Crippen molar-refractivity contribution in [1.82, 2.24) is 4.57 Å². The predicted octanol–water partition coefficient (Wildman–Crippen LogP) is 4.90. The van der Waals surface area contributed by atoms with Gasteiger partial charge in [0.25, 0.3) is 5.56 Å². The van der Waals surface area contributed by atoms with E-state index in [-0.39, 0.29) is 22.8 Å². The Morgan fingerprint density at radius 2 is 1.68 bits per heavy atom. The van der Waals surface area contributed by atoms with E-state index >= 15 is 0 Å². The van der Waals surface area contributed by atoms with Crippen LogP contribution >= 0.6 is 0 Å². The smallest absolute Gasteiger partial charge is 0.250 e. The fourth-order valence-corrected chi connectivity index (χ4v) is 4.61. The number of rotatable bonds is 9. The van der Waals surface area contributed by atoms with Crippen LogP contribution in [0.3, 0.4) is 0 Å². The highest BCUT2D eigenvalue weighted by atomic mass is 32.2. The quantitative estimate of drug-likeness (QED) is 0.407. The fourth-order valence-electron chi connectivity index (χ4n) is 3.72. The van der Waals surface area contributed by atoms with Crippen molar-refractivity contribution in [2.75, 3.05) is 5.75 Å². The number of aryl methyl sites for hydroxylation is 2. The second kappa shape index (κ2) is 10.5. The molecule has 0 saturated heterocycles. The topological polar surface area (TPSA) is 73.2 Å². The number of hydrogen-bond acceptors (Lipinski definition) is 4. The van der Waals surface area contributed by atoms with Crippen LogP contribution in [-0.2, 0) is 29.1 Å². The number of halogens is 1. The van der Waals surface area contributed by atoms with Crippen molar-refractivity contribution in [3.8, 4) is 11.1 Å². The molecule has 7 heteroatoms. The first-order chi connectivity index (χ1) is 16.0. The van der Waals surface area contributed by atoms with Gasteiger partial charge >= 0.3 is 0 Å². The third kappa shape index (κ3) is 6.08. The summed E-state index contributed by atoms with van der Waals surface area (Å²) in [5.74, 6) is 0.318. The molecule has 2 aromatic carbocycles. The maximum Gasteiger partial charge on any atom is 0.250 e. The molecule has 0 spiro atoms. The van der Waals surface area contributed by atoms with E-state index in [1.807, 2.05) is 13.8 Å². The molecule has 0 bridgehead atoms. The zero-order valence-electron chi connectivity index (χ0n) is 19.9. The number of carbonyl (C=O) groups is 1. The van der Waals surface area contributed by atoms with Gasteiger partial charge in [0.2, 0.25) is 0 Å². The third-order valence-electron chi connectivity index (χ3n) is 5.76. The summed E-state index contributed by atoms with van der Waals surface area (Å²) in [4.78, 5) is 25.8. The Bertz CT molecular complexity index is 1360. The largest absolute Gasteiger partial charge is 0.318 e. The number of aromatic nitrogens is 1. The monoisotopic (exact) mass is 482 g/mol. The Morgan fingerprint density at radius 3 is 2.29 bits per heavy atom. The van der Waals surface area contributed by atoms with Crippen molar-refractivity contribution in [2.24, 2.45) is 7.05 Å². The highest BCUT2D eigenvalue weighted by Gasteiger charge is 2.20. The lowest BCUT2D eigenvalue weighted by Gasteiger charge is -2.17. The van der Waals surface area contributed by atoms with Crippen molar-refractivity contribution < 1.29 is 17.6 Å². The Labute approximate surface area is 200 Å². The van der Waals surface area contributed by atoms with Crippen molar-refractivity contribution >= 4 is 15.6 Å². The van der Waals surface area contributed by atoms with Crippen molar-refractivity contribution in [1.29, 1.82) is 0 Å². The van der Waals surface area contributed by atoms with Crippen molar-refractivity contribution in [2.45, 2.75) is 39.4 Å². The first-order valence-electron chi connectivity index (χ1n) is 11.1. The van der Waals surface area contributed by atoms with Gasteiger partial charge in [-0.3, -0.25) is 9.59 Å². The second-order valence-electron chi connectivity index (χ2n) is 8.76. The molecule has 0 N–H and O–H groups in total. The standard InChI is InChI=1S/C27H29FNO4S/c1-5-34(32,33)17-19-7-13-23(27(31)20-9-11-22(28)12-10-20)24(14-19)25-16-29(4)26(30)15-21(25)8-6-18(2)3/h7,9-16H,5-6,8,17H2,1-4H3. The van der Waals surface area contributed by atoms with Gasteiger partial charge in [0.15, 0.2) is 15.6 Å². The van der Waals surface area contributed by atoms with Crippen LogP contribution in [-0.4, -0.2) is 24.5 Å². The molecule has 3 rings (SSSR count). The van der Waals surface area contributed by atoms with E-state index in [0.29, 0.717) is 34.2 Å². The summed E-state index contributed by atoms with van der Waals surface area (Å²) in [6, 6.07) is 11.9. The normalized spacial score (nSPS) is 11.7. The van der Waals surface area contributed by atoms with Crippen LogP contribution < -0.4 is 5.56 Å². The zero-order valence-corrected chi connectivity index (χ0v) is 20.7. The molecule has 0 aliphatic carbocycles. The molecule has 1 heterocycles.